The molecule has 118 valence electrons. The van der Waals surface area contributed by atoms with Gasteiger partial charge in [0.05, 0.1) is 13.2 Å². The summed E-state index contributed by atoms with van der Waals surface area (Å²) in [7, 11) is 1.42. The molecule has 1 rings (SSSR count). The van der Waals surface area contributed by atoms with Crippen LogP contribution in [0.3, 0.4) is 0 Å². The van der Waals surface area contributed by atoms with Gasteiger partial charge in [-0.2, -0.15) is 0 Å². The molecule has 0 fully saturated rings. The van der Waals surface area contributed by atoms with Crippen LogP contribution in [-0.4, -0.2) is 31.3 Å². The summed E-state index contributed by atoms with van der Waals surface area (Å²) in [4.78, 5) is 12.0. The van der Waals surface area contributed by atoms with E-state index in [0.717, 1.165) is 24.3 Å². The van der Waals surface area contributed by atoms with Crippen LogP contribution in [0.15, 0.2) is 24.3 Å². The highest BCUT2D eigenvalue weighted by Crippen LogP contribution is 2.20. The third kappa shape index (κ3) is 5.38. The van der Waals surface area contributed by atoms with Gasteiger partial charge in [0.25, 0.3) is 0 Å². The van der Waals surface area contributed by atoms with Gasteiger partial charge in [-0.05, 0) is 51.4 Å². The highest BCUT2D eigenvalue weighted by Gasteiger charge is 2.35. The second-order valence-electron chi connectivity index (χ2n) is 5.70. The molecule has 0 aliphatic rings. The summed E-state index contributed by atoms with van der Waals surface area (Å²) in [6, 6.07) is 7.91. The summed E-state index contributed by atoms with van der Waals surface area (Å²) in [5.41, 5.74) is 0.424. The normalized spacial score (nSPS) is 15.1. The van der Waals surface area contributed by atoms with E-state index in [2.05, 4.69) is 12.2 Å². The van der Waals surface area contributed by atoms with Crippen molar-refractivity contribution in [3.05, 3.63) is 29.8 Å². The van der Waals surface area contributed by atoms with Crippen LogP contribution in [0.25, 0.3) is 0 Å². The fourth-order valence-electron chi connectivity index (χ4n) is 2.39. The maximum absolute atomic E-state index is 12.0. The molecule has 0 saturated heterocycles. The van der Waals surface area contributed by atoms with Crippen molar-refractivity contribution in [1.29, 1.82) is 0 Å². The predicted molar refractivity (Wildman–Crippen MR) is 84.6 cm³/mol. The van der Waals surface area contributed by atoms with Gasteiger partial charge in [0.15, 0.2) is 0 Å². The Hall–Kier alpha value is -1.55. The lowest BCUT2D eigenvalue weighted by Crippen LogP contribution is -2.52. The van der Waals surface area contributed by atoms with Crippen LogP contribution in [0.1, 0.15) is 39.2 Å². The highest BCUT2D eigenvalue weighted by atomic mass is 16.5. The Labute approximate surface area is 127 Å². The number of esters is 1. The van der Waals surface area contributed by atoms with Crippen LogP contribution in [0.4, 0.5) is 0 Å². The zero-order valence-corrected chi connectivity index (χ0v) is 13.7. The fraction of sp³-hybridized carbons (Fsp3) is 0.588. The number of carbonyl (C=O) groups is 1. The minimum Gasteiger partial charge on any atom is -0.491 e. The number of carbonyl (C=O) groups excluding carboxylic acids is 1. The van der Waals surface area contributed by atoms with Crippen molar-refractivity contribution < 1.29 is 14.3 Å². The minimum absolute atomic E-state index is 0.0970. The third-order valence-corrected chi connectivity index (χ3v) is 3.42. The van der Waals surface area contributed by atoms with Crippen molar-refractivity contribution in [3.63, 3.8) is 0 Å². The topological polar surface area (TPSA) is 47.6 Å². The van der Waals surface area contributed by atoms with Crippen LogP contribution >= 0.6 is 0 Å². The first-order chi connectivity index (χ1) is 9.91. The van der Waals surface area contributed by atoms with Crippen molar-refractivity contribution >= 4 is 5.97 Å². The van der Waals surface area contributed by atoms with E-state index in [4.69, 9.17) is 9.47 Å². The summed E-state index contributed by atoms with van der Waals surface area (Å²) in [6.07, 6.45) is 1.41. The molecular formula is C17H27NO3. The average molecular weight is 293 g/mol. The molecule has 0 aliphatic heterocycles. The van der Waals surface area contributed by atoms with E-state index >= 15 is 0 Å². The maximum Gasteiger partial charge on any atom is 0.325 e. The molecular weight excluding hydrogens is 266 g/mol. The molecule has 1 aromatic carbocycles. The number of nitrogens with one attached hydrogen (secondary N) is 1. The van der Waals surface area contributed by atoms with E-state index in [1.54, 1.807) is 0 Å². The predicted octanol–water partition coefficient (Wildman–Crippen LogP) is 3.08. The van der Waals surface area contributed by atoms with Crippen LogP contribution in [0.2, 0.25) is 0 Å². The number of rotatable bonds is 8. The Morgan fingerprint density at radius 2 is 2.14 bits per heavy atom. The van der Waals surface area contributed by atoms with E-state index < -0.39 is 5.54 Å². The Balaban J connectivity index is 2.71. The summed E-state index contributed by atoms with van der Waals surface area (Å²) in [5.74, 6) is 0.570. The molecule has 4 nitrogen and oxygen atoms in total. The van der Waals surface area contributed by atoms with Gasteiger partial charge >= 0.3 is 5.97 Å². The monoisotopic (exact) mass is 293 g/mol. The van der Waals surface area contributed by atoms with Gasteiger partial charge < -0.3 is 14.8 Å². The molecule has 0 bridgehead atoms. The van der Waals surface area contributed by atoms with Gasteiger partial charge in [-0.15, -0.1) is 0 Å². The van der Waals surface area contributed by atoms with Gasteiger partial charge in [0.2, 0.25) is 0 Å². The highest BCUT2D eigenvalue weighted by molar-refractivity contribution is 5.80. The van der Waals surface area contributed by atoms with Crippen LogP contribution < -0.4 is 10.1 Å². The quantitative estimate of drug-likeness (QED) is 0.748. The van der Waals surface area contributed by atoms with E-state index in [9.17, 15) is 4.79 Å². The molecule has 4 heteroatoms. The number of hydrogen-bond donors (Lipinski definition) is 1. The van der Waals surface area contributed by atoms with Gasteiger partial charge in [-0.3, -0.25) is 4.79 Å². The Kier molecular flexibility index (Phi) is 6.69. The first-order valence-electron chi connectivity index (χ1n) is 7.48. The second-order valence-corrected chi connectivity index (χ2v) is 5.70. The first-order valence-corrected chi connectivity index (χ1v) is 7.48. The van der Waals surface area contributed by atoms with Crippen LogP contribution in [0, 0.1) is 6.92 Å². The van der Waals surface area contributed by atoms with E-state index in [1.807, 2.05) is 45.0 Å². The zero-order valence-electron chi connectivity index (χ0n) is 13.7. The molecule has 1 N–H and O–H groups in total. The van der Waals surface area contributed by atoms with E-state index in [-0.39, 0.29) is 12.1 Å². The van der Waals surface area contributed by atoms with Crippen LogP contribution in [-0.2, 0) is 9.53 Å². The average Bonchev–Trinajstić information content (AvgIpc) is 2.44. The minimum atomic E-state index is -0.728. The lowest BCUT2D eigenvalue weighted by molar-refractivity contribution is -0.149. The van der Waals surface area contributed by atoms with Crippen molar-refractivity contribution in [1.82, 2.24) is 5.32 Å². The number of methoxy groups -OCH3 is 1. The molecule has 0 amide bonds. The molecule has 2 atom stereocenters. The summed E-state index contributed by atoms with van der Waals surface area (Å²) in [5, 5.41) is 3.27. The Morgan fingerprint density at radius 1 is 1.43 bits per heavy atom. The van der Waals surface area contributed by atoms with Crippen LogP contribution in [0.5, 0.6) is 5.75 Å². The molecule has 2 unspecified atom stereocenters. The van der Waals surface area contributed by atoms with Crippen molar-refractivity contribution in [2.75, 3.05) is 13.7 Å². The largest absolute Gasteiger partial charge is 0.491 e. The number of hydrogen-bond acceptors (Lipinski definition) is 4. The maximum atomic E-state index is 12.0. The lowest BCUT2D eigenvalue weighted by atomic mass is 9.94. The van der Waals surface area contributed by atoms with Gasteiger partial charge in [-0.1, -0.05) is 19.1 Å². The molecule has 21 heavy (non-hydrogen) atoms. The van der Waals surface area contributed by atoms with Gasteiger partial charge in [0, 0.05) is 6.42 Å². The van der Waals surface area contributed by atoms with E-state index in [1.165, 1.54) is 7.11 Å². The molecule has 0 heterocycles. The molecule has 0 spiro atoms. The van der Waals surface area contributed by atoms with Crippen molar-refractivity contribution in [2.24, 2.45) is 0 Å². The number of aryl methyl sites for hydroxylation is 1. The second kappa shape index (κ2) is 8.03. The zero-order chi connectivity index (χ0) is 15.9. The summed E-state index contributed by atoms with van der Waals surface area (Å²) in [6.45, 7) is 8.70. The Bertz CT molecular complexity index is 461. The summed E-state index contributed by atoms with van der Waals surface area (Å²) < 4.78 is 10.8. The molecule has 0 aromatic heterocycles. The number of ether oxygens (including phenoxy) is 2. The van der Waals surface area contributed by atoms with Gasteiger partial charge in [-0.25, -0.2) is 0 Å². The molecule has 0 saturated carbocycles. The first kappa shape index (κ1) is 17.5. The smallest absolute Gasteiger partial charge is 0.325 e. The summed E-state index contributed by atoms with van der Waals surface area (Å²) >= 11 is 0. The molecule has 0 aliphatic carbocycles. The third-order valence-electron chi connectivity index (χ3n) is 3.42. The Morgan fingerprint density at radius 3 is 2.71 bits per heavy atom. The SMILES string of the molecule is CCCNC(C)(CC(C)Oc1cccc(C)c1)C(=O)OC. The van der Waals surface area contributed by atoms with Crippen molar-refractivity contribution in [2.45, 2.75) is 52.2 Å². The van der Waals surface area contributed by atoms with Gasteiger partial charge in [0.1, 0.15) is 11.3 Å². The number of benzene rings is 1. The molecule has 1 aromatic rings. The lowest BCUT2D eigenvalue weighted by Gasteiger charge is -2.30. The fourth-order valence-corrected chi connectivity index (χ4v) is 2.39. The van der Waals surface area contributed by atoms with Crippen molar-refractivity contribution in [3.8, 4) is 5.75 Å². The standard InChI is InChI=1S/C17H27NO3/c1-6-10-18-17(4,16(19)20-5)12-14(3)21-15-9-7-8-13(2)11-15/h7-9,11,14,18H,6,10,12H2,1-5H3. The van der Waals surface area contributed by atoms with E-state index in [0.29, 0.717) is 6.42 Å². The molecule has 0 radical (unpaired) electrons.